The van der Waals surface area contributed by atoms with Gasteiger partial charge in [0.2, 0.25) is 10.0 Å². The van der Waals surface area contributed by atoms with E-state index in [2.05, 4.69) is 0 Å². The molecule has 6 heteroatoms. The first kappa shape index (κ1) is 14.9. The van der Waals surface area contributed by atoms with Gasteiger partial charge in [0.15, 0.2) is 0 Å². The Morgan fingerprint density at radius 3 is 2.39 bits per heavy atom. The molecule has 0 bridgehead atoms. The van der Waals surface area contributed by atoms with Crippen LogP contribution in [0.5, 0.6) is 5.75 Å². The van der Waals surface area contributed by atoms with E-state index < -0.39 is 10.0 Å². The van der Waals surface area contributed by atoms with Crippen molar-refractivity contribution in [2.75, 3.05) is 13.7 Å². The summed E-state index contributed by atoms with van der Waals surface area (Å²) in [5.41, 5.74) is 1.30. The van der Waals surface area contributed by atoms with Crippen molar-refractivity contribution in [1.29, 1.82) is 0 Å². The number of rotatable bonds is 5. The van der Waals surface area contributed by atoms with Crippen molar-refractivity contribution in [3.05, 3.63) is 23.3 Å². The van der Waals surface area contributed by atoms with Gasteiger partial charge in [0.1, 0.15) is 12.4 Å². The third-order valence-electron chi connectivity index (χ3n) is 2.65. The number of primary sulfonamides is 1. The van der Waals surface area contributed by atoms with Crippen LogP contribution in [0, 0.1) is 13.8 Å². The largest absolute Gasteiger partial charge is 0.491 e. The first-order valence-electron chi connectivity index (χ1n) is 5.55. The highest BCUT2D eigenvalue weighted by Crippen LogP contribution is 2.25. The van der Waals surface area contributed by atoms with E-state index in [0.717, 1.165) is 5.56 Å². The van der Waals surface area contributed by atoms with Crippen molar-refractivity contribution in [2.45, 2.75) is 31.8 Å². The molecule has 1 rings (SSSR count). The predicted molar refractivity (Wildman–Crippen MR) is 69.3 cm³/mol. The number of aryl methyl sites for hydroxylation is 2. The zero-order chi connectivity index (χ0) is 13.9. The van der Waals surface area contributed by atoms with Crippen molar-refractivity contribution in [2.24, 2.45) is 5.14 Å². The molecule has 1 aromatic carbocycles. The molecule has 1 unspecified atom stereocenters. The molecular weight excluding hydrogens is 254 g/mol. The molecule has 0 fully saturated rings. The van der Waals surface area contributed by atoms with Crippen molar-refractivity contribution in [3.63, 3.8) is 0 Å². The first-order valence-corrected chi connectivity index (χ1v) is 7.10. The molecule has 0 aliphatic heterocycles. The maximum absolute atomic E-state index is 11.3. The Kier molecular flexibility index (Phi) is 4.72. The SMILES string of the molecule is COC(C)COc1cc(C)c(S(N)(=O)=O)cc1C. The fourth-order valence-corrected chi connectivity index (χ4v) is 2.35. The summed E-state index contributed by atoms with van der Waals surface area (Å²) in [4.78, 5) is 0.132. The quantitative estimate of drug-likeness (QED) is 0.878. The lowest BCUT2D eigenvalue weighted by molar-refractivity contribution is 0.0714. The first-order chi connectivity index (χ1) is 8.25. The fraction of sp³-hybridized carbons (Fsp3) is 0.500. The molecule has 0 aliphatic carbocycles. The smallest absolute Gasteiger partial charge is 0.238 e. The van der Waals surface area contributed by atoms with Crippen LogP contribution in [-0.2, 0) is 14.8 Å². The van der Waals surface area contributed by atoms with Crippen LogP contribution < -0.4 is 9.88 Å². The van der Waals surface area contributed by atoms with E-state index in [1.54, 1.807) is 27.0 Å². The van der Waals surface area contributed by atoms with Crippen LogP contribution >= 0.6 is 0 Å². The lowest BCUT2D eigenvalue weighted by Gasteiger charge is -2.15. The Morgan fingerprint density at radius 1 is 1.28 bits per heavy atom. The van der Waals surface area contributed by atoms with Crippen LogP contribution in [-0.4, -0.2) is 28.2 Å². The van der Waals surface area contributed by atoms with Gasteiger partial charge in [0, 0.05) is 7.11 Å². The molecular formula is C12H19NO4S. The van der Waals surface area contributed by atoms with Gasteiger partial charge in [-0.05, 0) is 44.0 Å². The van der Waals surface area contributed by atoms with E-state index in [9.17, 15) is 8.42 Å². The van der Waals surface area contributed by atoms with Crippen molar-refractivity contribution in [3.8, 4) is 5.75 Å². The van der Waals surface area contributed by atoms with Gasteiger partial charge in [-0.3, -0.25) is 0 Å². The summed E-state index contributed by atoms with van der Waals surface area (Å²) in [5, 5.41) is 5.13. The van der Waals surface area contributed by atoms with E-state index >= 15 is 0 Å². The second-order valence-corrected chi connectivity index (χ2v) is 5.82. The van der Waals surface area contributed by atoms with Gasteiger partial charge in [-0.2, -0.15) is 0 Å². The lowest BCUT2D eigenvalue weighted by Crippen LogP contribution is -2.17. The molecule has 0 aliphatic rings. The van der Waals surface area contributed by atoms with Gasteiger partial charge in [-0.25, -0.2) is 13.6 Å². The van der Waals surface area contributed by atoms with Gasteiger partial charge in [-0.1, -0.05) is 0 Å². The number of ether oxygens (including phenoxy) is 2. The van der Waals surface area contributed by atoms with E-state index in [4.69, 9.17) is 14.6 Å². The van der Waals surface area contributed by atoms with Crippen LogP contribution in [0.3, 0.4) is 0 Å². The number of sulfonamides is 1. The van der Waals surface area contributed by atoms with Crippen LogP contribution in [0.15, 0.2) is 17.0 Å². The summed E-state index contributed by atoms with van der Waals surface area (Å²) >= 11 is 0. The molecule has 102 valence electrons. The van der Waals surface area contributed by atoms with Gasteiger partial charge in [-0.15, -0.1) is 0 Å². The van der Waals surface area contributed by atoms with Crippen LogP contribution in [0.2, 0.25) is 0 Å². The van der Waals surface area contributed by atoms with Crippen LogP contribution in [0.4, 0.5) is 0 Å². The highest BCUT2D eigenvalue weighted by Gasteiger charge is 2.14. The Labute approximate surface area is 108 Å². The number of methoxy groups -OCH3 is 1. The summed E-state index contributed by atoms with van der Waals surface area (Å²) < 4.78 is 33.3. The second kappa shape index (κ2) is 5.69. The molecule has 0 radical (unpaired) electrons. The van der Waals surface area contributed by atoms with Gasteiger partial charge in [0.05, 0.1) is 11.0 Å². The van der Waals surface area contributed by atoms with Gasteiger partial charge in [0.25, 0.3) is 0 Å². The van der Waals surface area contributed by atoms with Crippen molar-refractivity contribution < 1.29 is 17.9 Å². The van der Waals surface area contributed by atoms with E-state index in [0.29, 0.717) is 17.9 Å². The van der Waals surface area contributed by atoms with Crippen molar-refractivity contribution in [1.82, 2.24) is 0 Å². The zero-order valence-corrected chi connectivity index (χ0v) is 11.9. The fourth-order valence-electron chi connectivity index (χ4n) is 1.50. The van der Waals surface area contributed by atoms with Crippen LogP contribution in [0.25, 0.3) is 0 Å². The summed E-state index contributed by atoms with van der Waals surface area (Å²) in [6.07, 6.45) is -0.0253. The van der Waals surface area contributed by atoms with E-state index in [1.807, 2.05) is 6.92 Å². The summed E-state index contributed by atoms with van der Waals surface area (Å²) in [7, 11) is -2.08. The Hall–Kier alpha value is -1.11. The predicted octanol–water partition coefficient (Wildman–Crippen LogP) is 1.36. The highest BCUT2D eigenvalue weighted by atomic mass is 32.2. The lowest BCUT2D eigenvalue weighted by atomic mass is 10.1. The summed E-state index contributed by atoms with van der Waals surface area (Å²) in [6.45, 7) is 5.76. The Balaban J connectivity index is 3.01. The number of hydrogen-bond donors (Lipinski definition) is 1. The molecule has 0 aromatic heterocycles. The van der Waals surface area contributed by atoms with Crippen LogP contribution in [0.1, 0.15) is 18.1 Å². The minimum Gasteiger partial charge on any atom is -0.491 e. The molecule has 0 saturated heterocycles. The molecule has 0 amide bonds. The third-order valence-corrected chi connectivity index (χ3v) is 3.71. The minimum absolute atomic E-state index is 0.0253. The molecule has 1 aromatic rings. The summed E-state index contributed by atoms with van der Waals surface area (Å²) in [5.74, 6) is 0.642. The maximum Gasteiger partial charge on any atom is 0.238 e. The zero-order valence-electron chi connectivity index (χ0n) is 11.1. The average Bonchev–Trinajstić information content (AvgIpc) is 2.27. The monoisotopic (exact) mass is 273 g/mol. The highest BCUT2D eigenvalue weighted by molar-refractivity contribution is 7.89. The third kappa shape index (κ3) is 3.69. The normalized spacial score (nSPS) is 13.4. The Bertz CT molecular complexity index is 525. The summed E-state index contributed by atoms with van der Waals surface area (Å²) in [6, 6.07) is 3.20. The van der Waals surface area contributed by atoms with Crippen molar-refractivity contribution >= 4 is 10.0 Å². The van der Waals surface area contributed by atoms with Gasteiger partial charge >= 0.3 is 0 Å². The number of nitrogens with two attached hydrogens (primary N) is 1. The molecule has 5 nitrogen and oxygen atoms in total. The van der Waals surface area contributed by atoms with Gasteiger partial charge < -0.3 is 9.47 Å². The minimum atomic E-state index is -3.69. The second-order valence-electron chi connectivity index (χ2n) is 4.29. The molecule has 1 atom stereocenters. The molecule has 18 heavy (non-hydrogen) atoms. The topological polar surface area (TPSA) is 78.6 Å². The maximum atomic E-state index is 11.3. The average molecular weight is 273 g/mol. The van der Waals surface area contributed by atoms with E-state index in [-0.39, 0.29) is 11.0 Å². The van der Waals surface area contributed by atoms with E-state index in [1.165, 1.54) is 6.07 Å². The number of hydrogen-bond acceptors (Lipinski definition) is 4. The number of benzene rings is 1. The molecule has 0 heterocycles. The molecule has 0 saturated carbocycles. The standard InChI is InChI=1S/C12H19NO4S/c1-8-6-12(18(13,14)15)9(2)5-11(8)17-7-10(3)16-4/h5-6,10H,7H2,1-4H3,(H2,13,14,15). The Morgan fingerprint density at radius 2 is 1.89 bits per heavy atom. The molecule has 2 N–H and O–H groups in total. The molecule has 0 spiro atoms.